The average molecular weight is 550 g/mol. The fraction of sp³-hybridized carbons (Fsp3) is 0.240. The van der Waals surface area contributed by atoms with E-state index in [9.17, 15) is 36.4 Å². The second-order valence-electron chi connectivity index (χ2n) is 8.22. The van der Waals surface area contributed by atoms with Crippen LogP contribution in [-0.2, 0) is 25.5 Å². The molecule has 2 amide bonds. The Morgan fingerprint density at radius 2 is 1.92 bits per heavy atom. The largest absolute Gasteiger partial charge is 0.513 e. The molecule has 0 bridgehead atoms. The van der Waals surface area contributed by atoms with Gasteiger partial charge in [-0.3, -0.25) is 4.90 Å². The Balaban J connectivity index is 2.29. The van der Waals surface area contributed by atoms with E-state index >= 15 is 0 Å². The monoisotopic (exact) mass is 549 g/mol. The van der Waals surface area contributed by atoms with Crippen molar-refractivity contribution in [3.63, 3.8) is 0 Å². The molecule has 2 aromatic carbocycles. The highest BCUT2D eigenvalue weighted by atomic mass is 32.2. The molecule has 2 aromatic rings. The third-order valence-electron chi connectivity index (χ3n) is 5.60. The summed E-state index contributed by atoms with van der Waals surface area (Å²) >= 11 is 0. The van der Waals surface area contributed by atoms with Gasteiger partial charge in [0.25, 0.3) is 0 Å². The maximum atomic E-state index is 13.5. The molecule has 3 rings (SSSR count). The van der Waals surface area contributed by atoms with Crippen LogP contribution >= 0.6 is 0 Å². The van der Waals surface area contributed by atoms with E-state index in [0.29, 0.717) is 0 Å². The molecule has 0 unspecified atom stereocenters. The second-order valence-corrected chi connectivity index (χ2v) is 10.2. The predicted octanol–water partition coefficient (Wildman–Crippen LogP) is 5.16. The molecule has 0 saturated carbocycles. The molecule has 1 heterocycles. The summed E-state index contributed by atoms with van der Waals surface area (Å²) < 4.78 is 75.7. The molecule has 200 valence electrons. The van der Waals surface area contributed by atoms with Crippen LogP contribution in [0.1, 0.15) is 29.7 Å². The van der Waals surface area contributed by atoms with Crippen molar-refractivity contribution in [3.8, 4) is 6.07 Å². The number of halogens is 3. The standard InChI is InChI=1S/C25H22F3N3O6S/c1-5-11-36-24(33)37-22-15(2)31(18-8-6-7-17(13-18)25(26,27)28)23(32)30(3)21(22)19-10-9-16(14-29)12-20(19)38(4,34)35/h5-10,12-13,21H,1,11H2,2-4H3/t21-/m0/s1. The third kappa shape index (κ3) is 5.65. The number of alkyl halides is 3. The molecule has 0 N–H and O–H groups in total. The number of ether oxygens (including phenoxy) is 2. The van der Waals surface area contributed by atoms with Crippen LogP contribution in [0, 0.1) is 11.3 Å². The normalized spacial score (nSPS) is 16.2. The van der Waals surface area contributed by atoms with E-state index in [0.717, 1.165) is 40.3 Å². The number of sulfone groups is 1. The van der Waals surface area contributed by atoms with E-state index in [1.54, 1.807) is 0 Å². The highest BCUT2D eigenvalue weighted by Gasteiger charge is 2.42. The van der Waals surface area contributed by atoms with Crippen molar-refractivity contribution in [2.75, 3.05) is 24.8 Å². The molecule has 1 aliphatic rings. The first kappa shape index (κ1) is 28.3. The van der Waals surface area contributed by atoms with Gasteiger partial charge in [0.1, 0.15) is 12.6 Å². The molecule has 0 aromatic heterocycles. The SMILES string of the molecule is C=CCOC(=O)OC1=C(C)N(c2cccc(C(F)(F)F)c2)C(=O)N(C)[C@H]1c1ccc(C#N)cc1S(C)(=O)=O. The quantitative estimate of drug-likeness (QED) is 0.361. The van der Waals surface area contributed by atoms with Crippen LogP contribution < -0.4 is 4.90 Å². The number of carbonyl (C=O) groups is 2. The molecule has 0 saturated heterocycles. The van der Waals surface area contributed by atoms with Crippen molar-refractivity contribution < 1.29 is 40.7 Å². The van der Waals surface area contributed by atoms with Crippen LogP contribution in [0.2, 0.25) is 0 Å². The minimum Gasteiger partial charge on any atom is -0.430 e. The van der Waals surface area contributed by atoms with Gasteiger partial charge in [0.15, 0.2) is 15.6 Å². The first-order chi connectivity index (χ1) is 17.7. The number of amides is 2. The lowest BCUT2D eigenvalue weighted by Crippen LogP contribution is -2.48. The van der Waals surface area contributed by atoms with Gasteiger partial charge in [-0.25, -0.2) is 18.0 Å². The number of likely N-dealkylation sites (N-methyl/N-ethyl adjacent to an activating group) is 1. The van der Waals surface area contributed by atoms with E-state index in [4.69, 9.17) is 9.47 Å². The number of rotatable bonds is 6. The minimum atomic E-state index is -4.69. The molecule has 0 fully saturated rings. The molecule has 13 heteroatoms. The molecule has 0 spiro atoms. The Morgan fingerprint density at radius 1 is 1.24 bits per heavy atom. The van der Waals surface area contributed by atoms with E-state index < -0.39 is 39.8 Å². The summed E-state index contributed by atoms with van der Waals surface area (Å²) in [5, 5.41) is 9.26. The molecule has 0 radical (unpaired) electrons. The summed E-state index contributed by atoms with van der Waals surface area (Å²) in [4.78, 5) is 27.6. The lowest BCUT2D eigenvalue weighted by Gasteiger charge is -2.41. The van der Waals surface area contributed by atoms with Crippen molar-refractivity contribution in [1.82, 2.24) is 4.90 Å². The summed E-state index contributed by atoms with van der Waals surface area (Å²) in [6.07, 6.45) is -3.73. The lowest BCUT2D eigenvalue weighted by molar-refractivity contribution is -0.137. The fourth-order valence-electron chi connectivity index (χ4n) is 3.90. The molecule has 0 aliphatic carbocycles. The van der Waals surface area contributed by atoms with Crippen LogP contribution in [0.5, 0.6) is 0 Å². The van der Waals surface area contributed by atoms with Gasteiger partial charge >= 0.3 is 18.4 Å². The van der Waals surface area contributed by atoms with Gasteiger partial charge in [-0.2, -0.15) is 18.4 Å². The lowest BCUT2D eigenvalue weighted by atomic mass is 9.98. The number of anilines is 1. The highest BCUT2D eigenvalue weighted by molar-refractivity contribution is 7.90. The summed E-state index contributed by atoms with van der Waals surface area (Å²) in [6.45, 7) is 4.53. The third-order valence-corrected chi connectivity index (χ3v) is 6.75. The summed E-state index contributed by atoms with van der Waals surface area (Å²) in [6, 6.07) is 7.40. The van der Waals surface area contributed by atoms with Crippen LogP contribution in [-0.4, -0.2) is 45.4 Å². The Labute approximate surface area is 216 Å². The number of nitrogens with zero attached hydrogens (tertiary/aromatic N) is 3. The summed E-state index contributed by atoms with van der Waals surface area (Å²) in [7, 11) is -2.70. The maximum absolute atomic E-state index is 13.5. The molecular formula is C25H22F3N3O6S. The molecule has 1 atom stereocenters. The average Bonchev–Trinajstić information content (AvgIpc) is 2.85. The van der Waals surface area contributed by atoms with Gasteiger partial charge in [0.05, 0.1) is 33.5 Å². The number of allylic oxidation sites excluding steroid dienone is 1. The summed E-state index contributed by atoms with van der Waals surface area (Å²) in [5.41, 5.74) is -1.25. The van der Waals surface area contributed by atoms with Crippen LogP contribution in [0.15, 0.2) is 71.5 Å². The van der Waals surface area contributed by atoms with Gasteiger partial charge in [0.2, 0.25) is 0 Å². The van der Waals surface area contributed by atoms with E-state index in [1.165, 1.54) is 38.2 Å². The number of urea groups is 1. The zero-order valence-corrected chi connectivity index (χ0v) is 21.3. The van der Waals surface area contributed by atoms with Gasteiger partial charge < -0.3 is 14.4 Å². The van der Waals surface area contributed by atoms with Gasteiger partial charge in [0, 0.05) is 18.9 Å². The fourth-order valence-corrected chi connectivity index (χ4v) is 4.85. The van der Waals surface area contributed by atoms with Crippen LogP contribution in [0.4, 0.5) is 28.4 Å². The van der Waals surface area contributed by atoms with Gasteiger partial charge in [-0.05, 0) is 37.3 Å². The van der Waals surface area contributed by atoms with Crippen LogP contribution in [0.3, 0.4) is 0 Å². The van der Waals surface area contributed by atoms with E-state index in [-0.39, 0.29) is 39.8 Å². The topological polar surface area (TPSA) is 117 Å². The van der Waals surface area contributed by atoms with Crippen LogP contribution in [0.25, 0.3) is 0 Å². The van der Waals surface area contributed by atoms with Crippen molar-refractivity contribution in [1.29, 1.82) is 5.26 Å². The first-order valence-corrected chi connectivity index (χ1v) is 12.7. The zero-order chi connectivity index (χ0) is 28.4. The van der Waals surface area contributed by atoms with Crippen molar-refractivity contribution in [2.24, 2.45) is 0 Å². The van der Waals surface area contributed by atoms with Crippen molar-refractivity contribution >= 4 is 27.7 Å². The maximum Gasteiger partial charge on any atom is 0.513 e. The second kappa shape index (κ2) is 10.6. The summed E-state index contributed by atoms with van der Waals surface area (Å²) in [5.74, 6) is -0.270. The molecule has 9 nitrogen and oxygen atoms in total. The van der Waals surface area contributed by atoms with E-state index in [1.807, 2.05) is 6.07 Å². The predicted molar refractivity (Wildman–Crippen MR) is 129 cm³/mol. The highest BCUT2D eigenvalue weighted by Crippen LogP contribution is 2.42. The Bertz CT molecular complexity index is 1480. The van der Waals surface area contributed by atoms with Gasteiger partial charge in [-0.15, -0.1) is 0 Å². The Kier molecular flexibility index (Phi) is 7.87. The first-order valence-electron chi connectivity index (χ1n) is 10.8. The van der Waals surface area contributed by atoms with Gasteiger partial charge in [-0.1, -0.05) is 24.8 Å². The Morgan fingerprint density at radius 3 is 2.50 bits per heavy atom. The smallest absolute Gasteiger partial charge is 0.430 e. The molecule has 38 heavy (non-hydrogen) atoms. The van der Waals surface area contributed by atoms with E-state index in [2.05, 4.69) is 6.58 Å². The number of hydrogen-bond donors (Lipinski definition) is 0. The number of carbonyl (C=O) groups excluding carboxylic acids is 2. The van der Waals surface area contributed by atoms with Crippen molar-refractivity contribution in [3.05, 3.63) is 83.3 Å². The number of nitriles is 1. The minimum absolute atomic E-state index is 0.00286. The number of hydrogen-bond acceptors (Lipinski definition) is 7. The molecule has 1 aliphatic heterocycles. The molecular weight excluding hydrogens is 527 g/mol. The Hall–Kier alpha value is -4.31. The zero-order valence-electron chi connectivity index (χ0n) is 20.4. The number of benzene rings is 2. The van der Waals surface area contributed by atoms with Crippen molar-refractivity contribution in [2.45, 2.75) is 24.0 Å².